The van der Waals surface area contributed by atoms with Gasteiger partial charge in [-0.3, -0.25) is 4.21 Å². The van der Waals surface area contributed by atoms with E-state index in [9.17, 15) is 13.2 Å². The minimum Gasteiger partial charge on any atom is -0.766 e. The van der Waals surface area contributed by atoms with Crippen LogP contribution in [0.2, 0.25) is 0 Å². The van der Waals surface area contributed by atoms with Crippen molar-refractivity contribution in [3.8, 4) is 0 Å². The van der Waals surface area contributed by atoms with Crippen LogP contribution in [0.15, 0.2) is 36.9 Å². The molecule has 0 aliphatic carbocycles. The van der Waals surface area contributed by atoms with Crippen molar-refractivity contribution < 1.29 is 49.2 Å². The van der Waals surface area contributed by atoms with E-state index in [-0.39, 0.29) is 18.9 Å². The van der Waals surface area contributed by atoms with Gasteiger partial charge in [-0.2, -0.15) is 13.2 Å². The molecule has 1 aromatic rings. The first-order valence-electron chi connectivity index (χ1n) is 4.23. The van der Waals surface area contributed by atoms with Crippen LogP contribution in [0, 0.1) is 0 Å². The summed E-state index contributed by atoms with van der Waals surface area (Å²) < 4.78 is 73.6. The molecule has 1 unspecified atom stereocenters. The average molecular weight is 322 g/mol. The van der Waals surface area contributed by atoms with E-state index in [0.29, 0.717) is 0 Å². The molecule has 1 aromatic carbocycles. The predicted octanol–water partition coefficient (Wildman–Crippen LogP) is -0.663. The number of halogens is 3. The Morgan fingerprint density at radius 1 is 1.15 bits per heavy atom. The van der Waals surface area contributed by atoms with Crippen LogP contribution in [-0.2, 0) is 21.6 Å². The van der Waals surface area contributed by atoms with Gasteiger partial charge in [0.25, 0.3) is 0 Å². The van der Waals surface area contributed by atoms with Crippen molar-refractivity contribution in [2.75, 3.05) is 0 Å². The van der Waals surface area contributed by atoms with E-state index in [0.717, 1.165) is 0 Å². The van der Waals surface area contributed by atoms with Crippen molar-refractivity contribution in [1.82, 2.24) is 0 Å². The fourth-order valence-corrected chi connectivity index (χ4v) is 0.589. The SMILES string of the molecule is C=Cc1ccccc1.O=S([O-])C(F)(F)F.[Li+].[N-]=S(=O)=O. The van der Waals surface area contributed by atoms with Gasteiger partial charge in [-0.1, -0.05) is 43.0 Å². The molecule has 0 bridgehead atoms. The molecule has 0 aromatic heterocycles. The van der Waals surface area contributed by atoms with Gasteiger partial charge in [-0.25, -0.2) is 8.42 Å². The number of hydrogen-bond acceptors (Lipinski definition) is 4. The fraction of sp³-hybridized carbons (Fsp3) is 0.111. The second kappa shape index (κ2) is 13.1. The molecule has 0 saturated carbocycles. The van der Waals surface area contributed by atoms with E-state index in [1.807, 2.05) is 36.4 Å². The molecule has 0 fully saturated rings. The zero-order chi connectivity index (χ0) is 15.5. The maximum absolute atomic E-state index is 10.6. The molecule has 0 amide bonds. The van der Waals surface area contributed by atoms with Crippen LogP contribution in [-0.4, -0.2) is 22.7 Å². The molecule has 1 atom stereocenters. The molecular weight excluding hydrogens is 314 g/mol. The number of rotatable bonds is 1. The second-order valence-corrected chi connectivity index (χ2v) is 3.88. The Morgan fingerprint density at radius 2 is 1.45 bits per heavy atom. The quantitative estimate of drug-likeness (QED) is 0.506. The molecule has 0 spiro atoms. The Kier molecular flexibility index (Phi) is 15.8. The molecule has 0 N–H and O–H groups in total. The molecular formula is C9H8F3LiNO4S2-. The van der Waals surface area contributed by atoms with Crippen molar-refractivity contribution in [3.05, 3.63) is 47.3 Å². The summed E-state index contributed by atoms with van der Waals surface area (Å²) in [4.78, 5) is 0. The molecule has 108 valence electrons. The first-order valence-corrected chi connectivity index (χ1v) is 6.33. The van der Waals surface area contributed by atoms with Crippen molar-refractivity contribution in [2.24, 2.45) is 0 Å². The normalized spacial score (nSPS) is 10.4. The molecule has 0 saturated heterocycles. The van der Waals surface area contributed by atoms with E-state index in [2.05, 4.69) is 6.58 Å². The maximum Gasteiger partial charge on any atom is 1.00 e. The van der Waals surface area contributed by atoms with Gasteiger partial charge in [-0.05, 0) is 5.56 Å². The summed E-state index contributed by atoms with van der Waals surface area (Å²) in [7, 11) is -2.86. The van der Waals surface area contributed by atoms with Crippen molar-refractivity contribution in [2.45, 2.75) is 5.51 Å². The molecule has 5 nitrogen and oxygen atoms in total. The van der Waals surface area contributed by atoms with Crippen molar-refractivity contribution in [1.29, 1.82) is 0 Å². The second-order valence-electron chi connectivity index (χ2n) is 2.51. The van der Waals surface area contributed by atoms with E-state index in [1.54, 1.807) is 0 Å². The van der Waals surface area contributed by atoms with E-state index in [1.165, 1.54) is 5.56 Å². The number of benzene rings is 1. The van der Waals surface area contributed by atoms with Gasteiger partial charge in [0.2, 0.25) is 0 Å². The van der Waals surface area contributed by atoms with Crippen LogP contribution < -0.4 is 18.9 Å². The van der Waals surface area contributed by atoms with E-state index in [4.69, 9.17) is 22.0 Å². The fourth-order valence-electron chi connectivity index (χ4n) is 0.589. The van der Waals surface area contributed by atoms with Crippen LogP contribution in [0.1, 0.15) is 5.56 Å². The van der Waals surface area contributed by atoms with Crippen LogP contribution in [0.3, 0.4) is 0 Å². The number of alkyl halides is 3. The standard InChI is InChI=1S/C8H8.CHF3O2S.Li.NO2S/c1-2-8-6-4-3-5-7-8;2-1(3,4)7(5)6;;1-4(2)3/h2-7H,1H2;(H,5,6);;/q;;+1;-1/p-1. The number of hydrogen-bond donors (Lipinski definition) is 0. The van der Waals surface area contributed by atoms with Gasteiger partial charge in [-0.15, -0.1) is 0 Å². The van der Waals surface area contributed by atoms with Gasteiger partial charge >= 0.3 is 24.4 Å². The van der Waals surface area contributed by atoms with Gasteiger partial charge in [0.1, 0.15) is 10.5 Å². The van der Waals surface area contributed by atoms with Gasteiger partial charge in [0, 0.05) is 0 Å². The van der Waals surface area contributed by atoms with Crippen molar-refractivity contribution in [3.63, 3.8) is 0 Å². The average Bonchev–Trinajstić information content (AvgIpc) is 2.29. The topological polar surface area (TPSA) is 96.6 Å². The summed E-state index contributed by atoms with van der Waals surface area (Å²) >= 11 is -3.93. The molecule has 20 heavy (non-hydrogen) atoms. The molecule has 0 heterocycles. The smallest absolute Gasteiger partial charge is 0.766 e. The third-order valence-electron chi connectivity index (χ3n) is 1.22. The first-order chi connectivity index (χ1) is 8.61. The van der Waals surface area contributed by atoms with Crippen molar-refractivity contribution >= 4 is 27.7 Å². The molecule has 1 rings (SSSR count). The predicted molar refractivity (Wildman–Crippen MR) is 63.8 cm³/mol. The Bertz CT molecular complexity index is 498. The third kappa shape index (κ3) is 19.4. The summed E-state index contributed by atoms with van der Waals surface area (Å²) in [5.41, 5.74) is -3.91. The minimum absolute atomic E-state index is 0. The Labute approximate surface area is 129 Å². The van der Waals surface area contributed by atoms with Gasteiger partial charge in [0.05, 0.1) is 11.1 Å². The van der Waals surface area contributed by atoms with Gasteiger partial charge in [0.15, 0.2) is 0 Å². The molecule has 0 aliphatic rings. The maximum atomic E-state index is 10.6. The molecule has 0 radical (unpaired) electrons. The first kappa shape index (κ1) is 24.1. The Balaban J connectivity index is -0.000000224. The Morgan fingerprint density at radius 3 is 1.60 bits per heavy atom. The summed E-state index contributed by atoms with van der Waals surface area (Å²) in [6.45, 7) is 3.63. The summed E-state index contributed by atoms with van der Waals surface area (Å²) in [6.07, 6.45) is 1.83. The van der Waals surface area contributed by atoms with E-state index < -0.39 is 27.1 Å². The van der Waals surface area contributed by atoms with Gasteiger partial charge < -0.3 is 9.33 Å². The largest absolute Gasteiger partial charge is 1.00 e. The van der Waals surface area contributed by atoms with Crippen LogP contribution in [0.25, 0.3) is 10.9 Å². The third-order valence-corrected chi connectivity index (χ3v) is 1.60. The summed E-state index contributed by atoms with van der Waals surface area (Å²) in [6, 6.07) is 10.0. The zero-order valence-electron chi connectivity index (χ0n) is 10.2. The van der Waals surface area contributed by atoms with Crippen LogP contribution >= 0.6 is 0 Å². The zero-order valence-corrected chi connectivity index (χ0v) is 11.8. The molecule has 0 aliphatic heterocycles. The summed E-state index contributed by atoms with van der Waals surface area (Å²) in [5.74, 6) is 0. The van der Waals surface area contributed by atoms with Crippen LogP contribution in [0.5, 0.6) is 0 Å². The Hall–Kier alpha value is -0.923. The number of nitrogens with zero attached hydrogens (tertiary/aromatic N) is 1. The van der Waals surface area contributed by atoms with E-state index >= 15 is 0 Å². The minimum atomic E-state index is -5.08. The summed E-state index contributed by atoms with van der Waals surface area (Å²) in [5, 5.41) is 0. The molecule has 11 heteroatoms. The van der Waals surface area contributed by atoms with Crippen LogP contribution in [0.4, 0.5) is 13.2 Å². The monoisotopic (exact) mass is 322 g/mol.